The molecular formula is C30H42FN5O2. The minimum atomic E-state index is -0.499. The maximum Gasteiger partial charge on any atom is 0.240 e. The van der Waals surface area contributed by atoms with Gasteiger partial charge in [0.1, 0.15) is 5.82 Å². The molecule has 0 radical (unpaired) electrons. The molecule has 2 aliphatic carbocycles. The van der Waals surface area contributed by atoms with E-state index < -0.39 is 12.1 Å². The third kappa shape index (κ3) is 4.53. The van der Waals surface area contributed by atoms with E-state index in [0.29, 0.717) is 13.1 Å². The Hall–Kier alpha value is -2.45. The summed E-state index contributed by atoms with van der Waals surface area (Å²) in [6.45, 7) is 1.12. The Morgan fingerprint density at radius 3 is 2.11 bits per heavy atom. The zero-order chi connectivity index (χ0) is 26.4. The summed E-state index contributed by atoms with van der Waals surface area (Å²) in [6, 6.07) is 3.56. The minimum Gasteiger partial charge on any atom is -0.361 e. The molecule has 2 unspecified atom stereocenters. The van der Waals surface area contributed by atoms with Crippen molar-refractivity contribution in [3.05, 3.63) is 35.8 Å². The van der Waals surface area contributed by atoms with Crippen LogP contribution >= 0.6 is 0 Å². The molecule has 5 atom stereocenters. The molecule has 1 aromatic carbocycles. The molecule has 206 valence electrons. The number of aromatic amines is 1. The van der Waals surface area contributed by atoms with Crippen molar-refractivity contribution in [3.8, 4) is 0 Å². The zero-order valence-electron chi connectivity index (χ0n) is 22.3. The molecule has 2 saturated carbocycles. The van der Waals surface area contributed by atoms with Gasteiger partial charge in [-0.15, -0.1) is 0 Å². The van der Waals surface area contributed by atoms with Crippen LogP contribution in [-0.4, -0.2) is 63.9 Å². The Balaban J connectivity index is 1.31. The maximum atomic E-state index is 14.0. The fraction of sp³-hybridized carbons (Fsp3) is 0.667. The van der Waals surface area contributed by atoms with E-state index >= 15 is 0 Å². The van der Waals surface area contributed by atoms with Crippen molar-refractivity contribution in [1.29, 1.82) is 0 Å². The van der Waals surface area contributed by atoms with Crippen molar-refractivity contribution in [2.24, 2.45) is 23.3 Å². The number of nitrogens with one attached hydrogen (secondary N) is 1. The first-order valence-corrected chi connectivity index (χ1v) is 14.8. The van der Waals surface area contributed by atoms with Crippen LogP contribution in [-0.2, 0) is 9.59 Å². The molecule has 2 aliphatic heterocycles. The summed E-state index contributed by atoms with van der Waals surface area (Å²) in [4.78, 5) is 35.0. The number of halogens is 1. The number of hydrogen-bond donors (Lipinski definition) is 3. The van der Waals surface area contributed by atoms with Gasteiger partial charge in [0.2, 0.25) is 11.8 Å². The molecule has 2 saturated heterocycles. The second-order valence-corrected chi connectivity index (χ2v) is 12.3. The molecule has 8 heteroatoms. The smallest absolute Gasteiger partial charge is 0.240 e. The Kier molecular flexibility index (Phi) is 7.20. The van der Waals surface area contributed by atoms with Crippen molar-refractivity contribution in [3.63, 3.8) is 0 Å². The first-order valence-electron chi connectivity index (χ1n) is 14.8. The van der Waals surface area contributed by atoms with E-state index in [4.69, 9.17) is 11.5 Å². The molecule has 3 heterocycles. The van der Waals surface area contributed by atoms with Gasteiger partial charge in [0.05, 0.1) is 24.2 Å². The van der Waals surface area contributed by atoms with Gasteiger partial charge >= 0.3 is 0 Å². The molecule has 4 fully saturated rings. The largest absolute Gasteiger partial charge is 0.361 e. The quantitative estimate of drug-likeness (QED) is 0.550. The van der Waals surface area contributed by atoms with Gasteiger partial charge < -0.3 is 26.3 Å². The normalized spacial score (nSPS) is 28.6. The van der Waals surface area contributed by atoms with E-state index in [1.165, 1.54) is 25.0 Å². The highest BCUT2D eigenvalue weighted by Crippen LogP contribution is 2.44. The number of amides is 2. The predicted octanol–water partition coefficient (Wildman–Crippen LogP) is 4.02. The number of hydrogen-bond acceptors (Lipinski definition) is 4. The molecule has 2 amide bonds. The van der Waals surface area contributed by atoms with Gasteiger partial charge in [0.25, 0.3) is 0 Å². The fourth-order valence-corrected chi connectivity index (χ4v) is 8.07. The van der Waals surface area contributed by atoms with Crippen LogP contribution in [0.2, 0.25) is 0 Å². The number of likely N-dealkylation sites (tertiary alicyclic amines) is 2. The van der Waals surface area contributed by atoms with Crippen LogP contribution in [0.25, 0.3) is 10.9 Å². The Bertz CT molecular complexity index is 1140. The van der Waals surface area contributed by atoms with E-state index in [9.17, 15) is 14.0 Å². The van der Waals surface area contributed by atoms with E-state index in [0.717, 1.165) is 74.3 Å². The first-order chi connectivity index (χ1) is 18.4. The highest BCUT2D eigenvalue weighted by molar-refractivity contribution is 5.87. The summed E-state index contributed by atoms with van der Waals surface area (Å²) in [5.74, 6) is 0.123. The lowest BCUT2D eigenvalue weighted by molar-refractivity contribution is -0.137. The first kappa shape index (κ1) is 25.8. The second kappa shape index (κ2) is 10.6. The zero-order valence-corrected chi connectivity index (χ0v) is 22.3. The minimum absolute atomic E-state index is 0.0196. The molecule has 0 spiro atoms. The summed E-state index contributed by atoms with van der Waals surface area (Å²) in [5.41, 5.74) is 15.0. The van der Waals surface area contributed by atoms with Crippen molar-refractivity contribution in [2.75, 3.05) is 13.1 Å². The molecule has 5 N–H and O–H groups in total. The van der Waals surface area contributed by atoms with Gasteiger partial charge in [-0.05, 0) is 67.7 Å². The van der Waals surface area contributed by atoms with Crippen LogP contribution in [0.3, 0.4) is 0 Å². The number of aromatic nitrogens is 1. The van der Waals surface area contributed by atoms with Gasteiger partial charge in [-0.3, -0.25) is 9.59 Å². The Morgan fingerprint density at radius 1 is 0.868 bits per heavy atom. The highest BCUT2D eigenvalue weighted by Gasteiger charge is 2.54. The van der Waals surface area contributed by atoms with Crippen LogP contribution in [0.5, 0.6) is 0 Å². The predicted molar refractivity (Wildman–Crippen MR) is 146 cm³/mol. The Labute approximate surface area is 224 Å². The summed E-state index contributed by atoms with van der Waals surface area (Å²) >= 11 is 0. The van der Waals surface area contributed by atoms with Crippen LogP contribution < -0.4 is 11.5 Å². The van der Waals surface area contributed by atoms with Crippen LogP contribution in [0.1, 0.15) is 82.1 Å². The number of carbonyl (C=O) groups is 2. The van der Waals surface area contributed by atoms with Crippen molar-refractivity contribution >= 4 is 22.7 Å². The second-order valence-electron chi connectivity index (χ2n) is 12.3. The number of carbonyl (C=O) groups excluding carboxylic acids is 2. The van der Waals surface area contributed by atoms with E-state index in [2.05, 4.69) is 4.98 Å². The summed E-state index contributed by atoms with van der Waals surface area (Å²) in [5, 5.41) is 0.942. The highest BCUT2D eigenvalue weighted by atomic mass is 19.1. The molecule has 2 aromatic rings. The van der Waals surface area contributed by atoms with Crippen molar-refractivity contribution < 1.29 is 14.0 Å². The van der Waals surface area contributed by atoms with Gasteiger partial charge in [0, 0.05) is 36.1 Å². The number of rotatable bonds is 5. The summed E-state index contributed by atoms with van der Waals surface area (Å²) in [7, 11) is 0. The molecular weight excluding hydrogens is 481 g/mol. The third-order valence-electron chi connectivity index (χ3n) is 10.2. The number of H-pyrrole nitrogens is 1. The fourth-order valence-electron chi connectivity index (χ4n) is 8.07. The lowest BCUT2D eigenvalue weighted by Crippen LogP contribution is -2.53. The molecule has 6 rings (SSSR count). The molecule has 0 bridgehead atoms. The van der Waals surface area contributed by atoms with Gasteiger partial charge in [0.15, 0.2) is 0 Å². The van der Waals surface area contributed by atoms with E-state index in [1.807, 2.05) is 16.0 Å². The van der Waals surface area contributed by atoms with Crippen molar-refractivity contribution in [2.45, 2.75) is 101 Å². The summed E-state index contributed by atoms with van der Waals surface area (Å²) in [6.07, 6.45) is 13.7. The van der Waals surface area contributed by atoms with Crippen LogP contribution in [0.4, 0.5) is 4.39 Å². The monoisotopic (exact) mass is 523 g/mol. The SMILES string of the molecule is NC(C(=O)N1CC[C@@H]2[C@H]1[C@@H](c1c[nH]c3cc(F)ccc13)CN2C(=O)C(N)C1CCCCC1)C1CCCCC1. The molecule has 4 aliphatic rings. The van der Waals surface area contributed by atoms with E-state index in [-0.39, 0.29) is 47.5 Å². The number of fused-ring (bicyclic) bond motifs is 2. The average molecular weight is 524 g/mol. The number of benzene rings is 1. The average Bonchev–Trinajstić information content (AvgIpc) is 3.66. The lowest BCUT2D eigenvalue weighted by atomic mass is 9.83. The van der Waals surface area contributed by atoms with Gasteiger partial charge in [-0.2, -0.15) is 0 Å². The number of nitrogens with two attached hydrogens (primary N) is 2. The van der Waals surface area contributed by atoms with Crippen LogP contribution in [0.15, 0.2) is 24.4 Å². The lowest BCUT2D eigenvalue weighted by Gasteiger charge is -2.34. The Morgan fingerprint density at radius 2 is 1.47 bits per heavy atom. The molecule has 1 aromatic heterocycles. The van der Waals surface area contributed by atoms with E-state index in [1.54, 1.807) is 6.07 Å². The van der Waals surface area contributed by atoms with Gasteiger partial charge in [-0.1, -0.05) is 38.5 Å². The van der Waals surface area contributed by atoms with Gasteiger partial charge in [-0.25, -0.2) is 4.39 Å². The summed E-state index contributed by atoms with van der Waals surface area (Å²) < 4.78 is 14.0. The van der Waals surface area contributed by atoms with Crippen molar-refractivity contribution in [1.82, 2.24) is 14.8 Å². The molecule has 7 nitrogen and oxygen atoms in total. The van der Waals surface area contributed by atoms with Crippen LogP contribution in [0, 0.1) is 17.7 Å². The topological polar surface area (TPSA) is 108 Å². The third-order valence-corrected chi connectivity index (χ3v) is 10.2. The maximum absolute atomic E-state index is 14.0. The standard InChI is InChI=1S/C30H42FN5O2/c31-20-11-12-21-22(16-34-24(21)15-20)23-17-36(30(38)27(33)19-9-5-2-6-10-19)25-13-14-35(28(23)25)29(37)26(32)18-7-3-1-4-8-18/h11-12,15-16,18-19,23,25-28,34H,1-10,13-14,17,32-33H2/t23-,25-,26?,27?,28-/m1/s1. The number of nitrogens with zero attached hydrogens (tertiary/aromatic N) is 2. The molecule has 38 heavy (non-hydrogen) atoms.